The van der Waals surface area contributed by atoms with Crippen molar-refractivity contribution in [2.75, 3.05) is 33.9 Å². The summed E-state index contributed by atoms with van der Waals surface area (Å²) in [4.78, 5) is 34.9. The fourth-order valence-corrected chi connectivity index (χ4v) is 8.39. The number of imidazole rings is 1. The number of ether oxygens (including phenoxy) is 2. The number of likely N-dealkylation sites (tertiary alicyclic amines) is 2. The monoisotopic (exact) mass is 610 g/mol. The van der Waals surface area contributed by atoms with E-state index < -0.39 is 0 Å². The number of methoxy groups -OCH3 is 2. The predicted octanol–water partition coefficient (Wildman–Crippen LogP) is 5.12. The SMILES string of the molecule is COC(=O)N1CCC(c2cccc3cc(-c4nc5cc(C(=O)N6C[C@H]7CC[C@@H]6[C@@H]7N)cc(OC)c5n4C)n(CC4CC4)c23)CC1. The first-order chi connectivity index (χ1) is 21.9. The van der Waals surface area contributed by atoms with Crippen molar-refractivity contribution in [3.05, 3.63) is 47.5 Å². The molecule has 4 aliphatic rings. The standard InChI is InChI=1S/C35H42N6O4/c1-38-32-26(15-24(17-29(32)44-2)34(42)41-19-23-9-10-27(41)30(23)36)37-33(38)28-16-22-5-4-6-25(31(22)40(28)18-20-7-8-20)21-11-13-39(14-12-21)35(43)45-3/h4-6,15-17,20-21,23,27,30H,7-14,18-19,36H2,1-3H3/t23-,27-,30-/m1/s1. The van der Waals surface area contributed by atoms with E-state index in [-0.39, 0.29) is 24.1 Å². The Morgan fingerprint density at radius 1 is 1.00 bits per heavy atom. The summed E-state index contributed by atoms with van der Waals surface area (Å²) >= 11 is 0. The van der Waals surface area contributed by atoms with Crippen LogP contribution in [0.2, 0.25) is 0 Å². The van der Waals surface area contributed by atoms with E-state index in [1.807, 2.05) is 24.1 Å². The molecule has 0 spiro atoms. The van der Waals surface area contributed by atoms with Crippen molar-refractivity contribution in [1.29, 1.82) is 0 Å². The van der Waals surface area contributed by atoms with Gasteiger partial charge in [-0.2, -0.15) is 0 Å². The Morgan fingerprint density at radius 3 is 2.47 bits per heavy atom. The minimum Gasteiger partial charge on any atom is -0.494 e. The minimum atomic E-state index is -0.246. The molecule has 2 aromatic carbocycles. The van der Waals surface area contributed by atoms with Crippen molar-refractivity contribution in [3.8, 4) is 17.3 Å². The fourth-order valence-electron chi connectivity index (χ4n) is 8.39. The molecule has 236 valence electrons. The second-order valence-electron chi connectivity index (χ2n) is 13.6. The van der Waals surface area contributed by atoms with Gasteiger partial charge < -0.3 is 34.1 Å². The Labute approximate surface area is 263 Å². The lowest BCUT2D eigenvalue weighted by Crippen LogP contribution is -2.41. The summed E-state index contributed by atoms with van der Waals surface area (Å²) in [5.41, 5.74) is 12.3. The Bertz CT molecular complexity index is 1810. The molecule has 2 N–H and O–H groups in total. The zero-order valence-corrected chi connectivity index (χ0v) is 26.4. The highest BCUT2D eigenvalue weighted by Crippen LogP contribution is 2.42. The molecule has 2 saturated heterocycles. The highest BCUT2D eigenvalue weighted by Gasteiger charge is 2.47. The van der Waals surface area contributed by atoms with E-state index in [4.69, 9.17) is 20.2 Å². The maximum absolute atomic E-state index is 13.8. The average molecular weight is 611 g/mol. The Balaban J connectivity index is 1.20. The van der Waals surface area contributed by atoms with E-state index in [1.54, 1.807) is 12.0 Å². The van der Waals surface area contributed by atoms with Gasteiger partial charge in [-0.25, -0.2) is 9.78 Å². The Hall–Kier alpha value is -4.05. The molecule has 2 saturated carbocycles. The smallest absolute Gasteiger partial charge is 0.409 e. The number of nitrogens with two attached hydrogens (primary N) is 1. The van der Waals surface area contributed by atoms with Gasteiger partial charge in [0.2, 0.25) is 0 Å². The third-order valence-corrected chi connectivity index (χ3v) is 11.0. The Kier molecular flexibility index (Phi) is 6.82. The van der Waals surface area contributed by atoms with E-state index in [1.165, 1.54) is 36.4 Å². The zero-order chi connectivity index (χ0) is 31.0. The maximum Gasteiger partial charge on any atom is 0.409 e. The van der Waals surface area contributed by atoms with Gasteiger partial charge in [-0.1, -0.05) is 18.2 Å². The van der Waals surface area contributed by atoms with Crippen LogP contribution >= 0.6 is 0 Å². The van der Waals surface area contributed by atoms with Crippen LogP contribution in [-0.4, -0.2) is 81.9 Å². The van der Waals surface area contributed by atoms with Crippen molar-refractivity contribution in [3.63, 3.8) is 0 Å². The van der Waals surface area contributed by atoms with Crippen LogP contribution in [-0.2, 0) is 18.3 Å². The minimum absolute atomic E-state index is 0.00999. The van der Waals surface area contributed by atoms with Gasteiger partial charge >= 0.3 is 6.09 Å². The summed E-state index contributed by atoms with van der Waals surface area (Å²) < 4.78 is 15.5. The molecule has 2 aliphatic carbocycles. The number of carbonyl (C=O) groups is 2. The number of hydrogen-bond acceptors (Lipinski definition) is 6. The molecule has 10 heteroatoms. The van der Waals surface area contributed by atoms with Gasteiger partial charge in [0, 0.05) is 56.3 Å². The number of aryl methyl sites for hydroxylation is 1. The average Bonchev–Trinajstić information content (AvgIpc) is 3.45. The van der Waals surface area contributed by atoms with Gasteiger partial charge in [-0.3, -0.25) is 4.79 Å². The molecule has 2 amide bonds. The van der Waals surface area contributed by atoms with E-state index in [0.717, 1.165) is 61.3 Å². The van der Waals surface area contributed by atoms with E-state index >= 15 is 0 Å². The molecule has 4 aromatic rings. The van der Waals surface area contributed by atoms with E-state index in [9.17, 15) is 9.59 Å². The van der Waals surface area contributed by atoms with Crippen LogP contribution in [0.3, 0.4) is 0 Å². The second kappa shape index (κ2) is 10.8. The quantitative estimate of drug-likeness (QED) is 0.325. The molecular formula is C35H42N6O4. The van der Waals surface area contributed by atoms with Crippen molar-refractivity contribution in [1.82, 2.24) is 23.9 Å². The van der Waals surface area contributed by atoms with Crippen molar-refractivity contribution in [2.24, 2.45) is 24.6 Å². The number of carbonyl (C=O) groups excluding carboxylic acids is 2. The van der Waals surface area contributed by atoms with Crippen LogP contribution in [0, 0.1) is 11.8 Å². The van der Waals surface area contributed by atoms with Crippen LogP contribution in [0.5, 0.6) is 5.75 Å². The van der Waals surface area contributed by atoms with Crippen molar-refractivity contribution < 1.29 is 19.1 Å². The highest BCUT2D eigenvalue weighted by molar-refractivity contribution is 6.00. The van der Waals surface area contributed by atoms with Crippen LogP contribution in [0.15, 0.2) is 36.4 Å². The molecular weight excluding hydrogens is 568 g/mol. The summed E-state index contributed by atoms with van der Waals surface area (Å²) in [6, 6.07) is 12.9. The number of benzene rings is 2. The number of rotatable bonds is 6. The van der Waals surface area contributed by atoms with E-state index in [0.29, 0.717) is 42.2 Å². The summed E-state index contributed by atoms with van der Waals surface area (Å²) in [5.74, 6) is 2.93. The molecule has 2 aliphatic heterocycles. The summed E-state index contributed by atoms with van der Waals surface area (Å²) in [6.07, 6.45) is 6.12. The van der Waals surface area contributed by atoms with Gasteiger partial charge in [0.25, 0.3) is 5.91 Å². The number of fused-ring (bicyclic) bond motifs is 4. The number of para-hydroxylation sites is 1. The van der Waals surface area contributed by atoms with Gasteiger partial charge in [-0.05, 0) is 80.0 Å². The topological polar surface area (TPSA) is 108 Å². The summed E-state index contributed by atoms with van der Waals surface area (Å²) in [7, 11) is 5.14. The molecule has 0 unspecified atom stereocenters. The molecule has 45 heavy (non-hydrogen) atoms. The first-order valence-electron chi connectivity index (χ1n) is 16.4. The predicted molar refractivity (Wildman–Crippen MR) is 172 cm³/mol. The number of amides is 2. The maximum atomic E-state index is 13.8. The van der Waals surface area contributed by atoms with Crippen molar-refractivity contribution in [2.45, 2.75) is 63.1 Å². The van der Waals surface area contributed by atoms with Crippen LogP contribution in [0.4, 0.5) is 4.79 Å². The number of aromatic nitrogens is 3. The highest BCUT2D eigenvalue weighted by atomic mass is 16.5. The zero-order valence-electron chi connectivity index (χ0n) is 26.4. The van der Waals surface area contributed by atoms with Gasteiger partial charge in [0.05, 0.1) is 30.9 Å². The van der Waals surface area contributed by atoms with Crippen LogP contribution in [0.25, 0.3) is 33.5 Å². The fraction of sp³-hybridized carbons (Fsp3) is 0.514. The van der Waals surface area contributed by atoms with Crippen LogP contribution < -0.4 is 10.5 Å². The van der Waals surface area contributed by atoms with Gasteiger partial charge in [0.15, 0.2) is 5.82 Å². The number of nitrogens with zero attached hydrogens (tertiary/aromatic N) is 5. The molecule has 4 heterocycles. The molecule has 2 aromatic heterocycles. The first kappa shape index (κ1) is 28.4. The van der Waals surface area contributed by atoms with Gasteiger partial charge in [0.1, 0.15) is 11.3 Å². The third kappa shape index (κ3) is 4.59. The summed E-state index contributed by atoms with van der Waals surface area (Å²) in [6.45, 7) is 3.06. The largest absolute Gasteiger partial charge is 0.494 e. The first-order valence-corrected chi connectivity index (χ1v) is 16.4. The van der Waals surface area contributed by atoms with E-state index in [2.05, 4.69) is 33.4 Å². The lowest BCUT2D eigenvalue weighted by atomic mass is 9.88. The second-order valence-corrected chi connectivity index (χ2v) is 13.6. The normalized spacial score (nSPS) is 23.4. The number of hydrogen-bond donors (Lipinski definition) is 1. The van der Waals surface area contributed by atoms with Gasteiger partial charge in [-0.15, -0.1) is 0 Å². The molecule has 4 fully saturated rings. The third-order valence-electron chi connectivity index (χ3n) is 11.0. The molecule has 3 atom stereocenters. The number of piperidine rings is 2. The summed E-state index contributed by atoms with van der Waals surface area (Å²) in [5, 5.41) is 1.20. The molecule has 10 nitrogen and oxygen atoms in total. The molecule has 0 radical (unpaired) electrons. The molecule has 2 bridgehead atoms. The van der Waals surface area contributed by atoms with Crippen LogP contribution in [0.1, 0.15) is 60.4 Å². The Morgan fingerprint density at radius 2 is 1.80 bits per heavy atom. The lowest BCUT2D eigenvalue weighted by Gasteiger charge is -2.31. The lowest BCUT2D eigenvalue weighted by molar-refractivity contribution is 0.0700. The molecule has 8 rings (SSSR count). The van der Waals surface area contributed by atoms with Crippen molar-refractivity contribution >= 4 is 33.9 Å².